The molecule has 0 unspecified atom stereocenters. The Morgan fingerprint density at radius 3 is 2.47 bits per heavy atom. The highest BCUT2D eigenvalue weighted by Gasteiger charge is 2.26. The van der Waals surface area contributed by atoms with Crippen molar-refractivity contribution in [3.8, 4) is 5.75 Å². The Bertz CT molecular complexity index is 359. The van der Waals surface area contributed by atoms with E-state index in [1.807, 2.05) is 44.2 Å². The van der Waals surface area contributed by atoms with E-state index in [0.29, 0.717) is 13.2 Å². The molecule has 1 amide bonds. The predicted octanol–water partition coefficient (Wildman–Crippen LogP) is 2.70. The quantitative estimate of drug-likeness (QED) is 0.783. The molecule has 1 aromatic rings. The van der Waals surface area contributed by atoms with Crippen molar-refractivity contribution in [1.82, 2.24) is 4.90 Å². The van der Waals surface area contributed by atoms with Crippen molar-refractivity contribution in [1.29, 1.82) is 0 Å². The summed E-state index contributed by atoms with van der Waals surface area (Å²) >= 11 is 3.35. The number of benzene rings is 1. The molecule has 0 heterocycles. The summed E-state index contributed by atoms with van der Waals surface area (Å²) < 4.78 is 5.01. The van der Waals surface area contributed by atoms with Crippen LogP contribution in [0.1, 0.15) is 13.8 Å². The third-order valence-corrected chi connectivity index (χ3v) is 2.63. The Morgan fingerprint density at radius 2 is 1.94 bits per heavy atom. The lowest BCUT2D eigenvalue weighted by Crippen LogP contribution is -2.41. The second kappa shape index (κ2) is 6.05. The van der Waals surface area contributed by atoms with Gasteiger partial charge in [-0.3, -0.25) is 4.79 Å². The maximum absolute atomic E-state index is 11.8. The van der Waals surface area contributed by atoms with Crippen molar-refractivity contribution >= 4 is 21.8 Å². The van der Waals surface area contributed by atoms with Gasteiger partial charge in [0.15, 0.2) is 0 Å². The molecule has 0 aliphatic carbocycles. The first-order valence-electron chi connectivity index (χ1n) is 5.53. The Hall–Kier alpha value is -1.03. The van der Waals surface area contributed by atoms with Crippen LogP contribution in [0.4, 0.5) is 0 Å². The number of carbonyl (C=O) groups is 1. The molecule has 0 aromatic heterocycles. The van der Waals surface area contributed by atoms with Crippen LogP contribution in [0.5, 0.6) is 5.75 Å². The van der Waals surface area contributed by atoms with Gasteiger partial charge in [-0.15, -0.1) is 0 Å². The van der Waals surface area contributed by atoms with Gasteiger partial charge in [-0.25, -0.2) is 0 Å². The van der Waals surface area contributed by atoms with E-state index in [2.05, 4.69) is 15.9 Å². The van der Waals surface area contributed by atoms with E-state index >= 15 is 0 Å². The van der Waals surface area contributed by atoms with Gasteiger partial charge in [-0.05, 0) is 26.0 Å². The van der Waals surface area contributed by atoms with Crippen molar-refractivity contribution < 1.29 is 9.53 Å². The molecule has 4 heteroatoms. The minimum absolute atomic E-state index is 0.0501. The molecular weight excluding hydrogens is 282 g/mol. The standard InChI is InChI=1S/C13H18BrNO2/c1-13(2,14)12(16)15(3)9-10-17-11-7-5-4-6-8-11/h4-8H,9-10H2,1-3H3. The van der Waals surface area contributed by atoms with Gasteiger partial charge in [-0.2, -0.15) is 0 Å². The fourth-order valence-corrected chi connectivity index (χ4v) is 1.68. The second-order valence-electron chi connectivity index (χ2n) is 4.36. The molecule has 0 bridgehead atoms. The van der Waals surface area contributed by atoms with Crippen LogP contribution in [0, 0.1) is 0 Å². The van der Waals surface area contributed by atoms with Crippen molar-refractivity contribution in [2.24, 2.45) is 0 Å². The van der Waals surface area contributed by atoms with Crippen LogP contribution in [0.2, 0.25) is 0 Å². The predicted molar refractivity (Wildman–Crippen MR) is 72.6 cm³/mol. The topological polar surface area (TPSA) is 29.5 Å². The summed E-state index contributed by atoms with van der Waals surface area (Å²) in [6.07, 6.45) is 0. The van der Waals surface area contributed by atoms with Gasteiger partial charge in [0.25, 0.3) is 0 Å². The van der Waals surface area contributed by atoms with Crippen molar-refractivity contribution in [2.75, 3.05) is 20.2 Å². The number of hydrogen-bond donors (Lipinski definition) is 0. The maximum Gasteiger partial charge on any atom is 0.238 e. The van der Waals surface area contributed by atoms with Crippen molar-refractivity contribution in [3.63, 3.8) is 0 Å². The van der Waals surface area contributed by atoms with Crippen LogP contribution in [0.3, 0.4) is 0 Å². The maximum atomic E-state index is 11.8. The van der Waals surface area contributed by atoms with E-state index < -0.39 is 4.32 Å². The molecule has 0 radical (unpaired) electrons. The monoisotopic (exact) mass is 299 g/mol. The summed E-state index contributed by atoms with van der Waals surface area (Å²) in [5.41, 5.74) is 0. The zero-order valence-corrected chi connectivity index (χ0v) is 12.0. The van der Waals surface area contributed by atoms with Crippen LogP contribution in [0.15, 0.2) is 30.3 Å². The summed E-state index contributed by atoms with van der Waals surface area (Å²) in [6.45, 7) is 4.74. The van der Waals surface area contributed by atoms with E-state index in [4.69, 9.17) is 4.74 Å². The van der Waals surface area contributed by atoms with Crippen LogP contribution in [-0.4, -0.2) is 35.3 Å². The number of ether oxygens (including phenoxy) is 1. The Morgan fingerprint density at radius 1 is 1.35 bits per heavy atom. The molecule has 0 fully saturated rings. The summed E-state index contributed by atoms with van der Waals surface area (Å²) in [5.74, 6) is 0.876. The fourth-order valence-electron chi connectivity index (χ4n) is 1.37. The highest BCUT2D eigenvalue weighted by molar-refractivity contribution is 9.10. The second-order valence-corrected chi connectivity index (χ2v) is 6.34. The molecule has 17 heavy (non-hydrogen) atoms. The molecular formula is C13H18BrNO2. The lowest BCUT2D eigenvalue weighted by molar-refractivity contribution is -0.131. The number of para-hydroxylation sites is 1. The molecule has 0 aliphatic heterocycles. The SMILES string of the molecule is CN(CCOc1ccccc1)C(=O)C(C)(C)Br. The molecule has 3 nitrogen and oxygen atoms in total. The molecule has 1 rings (SSSR count). The average Bonchev–Trinajstić information content (AvgIpc) is 2.28. The van der Waals surface area contributed by atoms with Gasteiger partial charge in [-0.1, -0.05) is 34.1 Å². The third-order valence-electron chi connectivity index (χ3n) is 2.29. The van der Waals surface area contributed by atoms with Crippen LogP contribution in [0.25, 0.3) is 0 Å². The van der Waals surface area contributed by atoms with Gasteiger partial charge in [0, 0.05) is 7.05 Å². The van der Waals surface area contributed by atoms with Crippen LogP contribution in [-0.2, 0) is 4.79 Å². The van der Waals surface area contributed by atoms with E-state index in [0.717, 1.165) is 5.75 Å². The van der Waals surface area contributed by atoms with E-state index in [1.54, 1.807) is 11.9 Å². The van der Waals surface area contributed by atoms with Gasteiger partial charge in [0.05, 0.1) is 10.9 Å². The third kappa shape index (κ3) is 4.77. The number of nitrogens with zero attached hydrogens (tertiary/aromatic N) is 1. The number of halogens is 1. The number of rotatable bonds is 5. The highest BCUT2D eigenvalue weighted by atomic mass is 79.9. The summed E-state index contributed by atoms with van der Waals surface area (Å²) in [6, 6.07) is 9.58. The molecule has 0 N–H and O–H groups in total. The first-order valence-corrected chi connectivity index (χ1v) is 6.33. The minimum Gasteiger partial charge on any atom is -0.492 e. The summed E-state index contributed by atoms with van der Waals surface area (Å²) in [7, 11) is 1.78. The number of likely N-dealkylation sites (N-methyl/N-ethyl adjacent to an activating group) is 1. The smallest absolute Gasteiger partial charge is 0.238 e. The minimum atomic E-state index is -0.519. The van der Waals surface area contributed by atoms with Gasteiger partial charge in [0.2, 0.25) is 5.91 Å². The molecule has 94 valence electrons. The van der Waals surface area contributed by atoms with Crippen LogP contribution >= 0.6 is 15.9 Å². The van der Waals surface area contributed by atoms with Crippen molar-refractivity contribution in [3.05, 3.63) is 30.3 Å². The Balaban J connectivity index is 2.35. The number of alkyl halides is 1. The first kappa shape index (κ1) is 14.0. The van der Waals surface area contributed by atoms with Gasteiger partial charge < -0.3 is 9.64 Å². The van der Waals surface area contributed by atoms with Crippen LogP contribution < -0.4 is 4.74 Å². The molecule has 1 aromatic carbocycles. The lowest BCUT2D eigenvalue weighted by Gasteiger charge is -2.24. The molecule has 0 saturated carbocycles. The fraction of sp³-hybridized carbons (Fsp3) is 0.462. The lowest BCUT2D eigenvalue weighted by atomic mass is 10.2. The zero-order chi connectivity index (χ0) is 12.9. The average molecular weight is 300 g/mol. The first-order chi connectivity index (χ1) is 7.91. The van der Waals surface area contributed by atoms with E-state index in [9.17, 15) is 4.79 Å². The van der Waals surface area contributed by atoms with Gasteiger partial charge >= 0.3 is 0 Å². The zero-order valence-electron chi connectivity index (χ0n) is 10.4. The summed E-state index contributed by atoms with van der Waals surface area (Å²) in [5, 5.41) is 0. The van der Waals surface area contributed by atoms with Gasteiger partial charge in [0.1, 0.15) is 12.4 Å². The summed E-state index contributed by atoms with van der Waals surface area (Å²) in [4.78, 5) is 13.5. The largest absolute Gasteiger partial charge is 0.492 e. The van der Waals surface area contributed by atoms with Crippen molar-refractivity contribution in [2.45, 2.75) is 18.2 Å². The van der Waals surface area contributed by atoms with E-state index in [1.165, 1.54) is 0 Å². The molecule has 0 spiro atoms. The Kier molecular flexibility index (Phi) is 5.00. The Labute approximate surface area is 111 Å². The number of amides is 1. The molecule has 0 aliphatic rings. The van der Waals surface area contributed by atoms with E-state index in [-0.39, 0.29) is 5.91 Å². The normalized spacial score (nSPS) is 11.1. The highest BCUT2D eigenvalue weighted by Crippen LogP contribution is 2.18. The molecule has 0 saturated heterocycles. The number of carbonyl (C=O) groups excluding carboxylic acids is 1. The number of hydrogen-bond acceptors (Lipinski definition) is 2. The molecule has 0 atom stereocenters.